The molecule has 3 nitrogen and oxygen atoms in total. The van der Waals surface area contributed by atoms with E-state index in [9.17, 15) is 8.42 Å². The first kappa shape index (κ1) is 13.8. The molecular weight excluding hydrogens is 270 g/mol. The lowest BCUT2D eigenvalue weighted by atomic mass is 9.98. The molecule has 2 rings (SSSR count). The molecule has 0 bridgehead atoms. The van der Waals surface area contributed by atoms with Crippen LogP contribution in [-0.2, 0) is 9.84 Å². The molecule has 1 aromatic rings. The van der Waals surface area contributed by atoms with Crippen LogP contribution in [0.25, 0.3) is 0 Å². The van der Waals surface area contributed by atoms with Gasteiger partial charge < -0.3 is 5.32 Å². The highest BCUT2D eigenvalue weighted by atomic mass is 35.5. The van der Waals surface area contributed by atoms with E-state index in [1.807, 2.05) is 32.0 Å². The number of rotatable bonds is 1. The maximum atomic E-state index is 12.2. The van der Waals surface area contributed by atoms with Crippen LogP contribution in [0.5, 0.6) is 0 Å². The molecule has 1 aromatic carbocycles. The number of nitrogens with one attached hydrogen (secondary N) is 1. The number of sulfone groups is 1. The Hall–Kier alpha value is -0.580. The summed E-state index contributed by atoms with van der Waals surface area (Å²) in [6.07, 6.45) is 0. The number of halogens is 1. The summed E-state index contributed by atoms with van der Waals surface area (Å²) in [4.78, 5) is 0. The molecule has 1 saturated heterocycles. The third-order valence-electron chi connectivity index (χ3n) is 3.35. The minimum atomic E-state index is -3.08. The predicted molar refractivity (Wildman–Crippen MR) is 74.7 cm³/mol. The summed E-state index contributed by atoms with van der Waals surface area (Å²) >= 11 is 5.98. The summed E-state index contributed by atoms with van der Waals surface area (Å²) < 4.78 is 24.4. The van der Waals surface area contributed by atoms with Crippen LogP contribution in [0.4, 0.5) is 0 Å². The first-order valence-corrected chi connectivity index (χ1v) is 8.05. The molecule has 0 saturated carbocycles. The van der Waals surface area contributed by atoms with E-state index in [-0.39, 0.29) is 11.8 Å². The standard InChI is InChI=1S/C13H18ClNO2S/c1-9-12(10-5-4-6-11(14)7-10)15-13(2,3)8-18(9,16)17/h4-7,9,12,15H,8H2,1-3H3. The second-order valence-electron chi connectivity index (χ2n) is 5.57. The molecule has 5 heteroatoms. The largest absolute Gasteiger partial charge is 0.303 e. The predicted octanol–water partition coefficient (Wildman–Crippen LogP) is 2.57. The smallest absolute Gasteiger partial charge is 0.156 e. The molecule has 1 heterocycles. The van der Waals surface area contributed by atoms with E-state index < -0.39 is 20.6 Å². The summed E-state index contributed by atoms with van der Waals surface area (Å²) in [6.45, 7) is 5.57. The van der Waals surface area contributed by atoms with Crippen molar-refractivity contribution in [1.82, 2.24) is 5.32 Å². The van der Waals surface area contributed by atoms with E-state index in [2.05, 4.69) is 5.32 Å². The molecule has 0 radical (unpaired) electrons. The summed E-state index contributed by atoms with van der Waals surface area (Å²) in [5.41, 5.74) is 0.504. The Labute approximate surface area is 113 Å². The van der Waals surface area contributed by atoms with Crippen LogP contribution in [0.1, 0.15) is 32.4 Å². The van der Waals surface area contributed by atoms with Gasteiger partial charge in [-0.3, -0.25) is 0 Å². The van der Waals surface area contributed by atoms with E-state index in [1.165, 1.54) is 0 Å². The monoisotopic (exact) mass is 287 g/mol. The topological polar surface area (TPSA) is 46.2 Å². The van der Waals surface area contributed by atoms with Crippen molar-refractivity contribution in [3.05, 3.63) is 34.9 Å². The highest BCUT2D eigenvalue weighted by molar-refractivity contribution is 7.92. The zero-order valence-electron chi connectivity index (χ0n) is 10.8. The summed E-state index contributed by atoms with van der Waals surface area (Å²) in [6, 6.07) is 7.17. The van der Waals surface area contributed by atoms with Crippen molar-refractivity contribution in [1.29, 1.82) is 0 Å². The van der Waals surface area contributed by atoms with Gasteiger partial charge in [0.15, 0.2) is 9.84 Å². The fourth-order valence-electron chi connectivity index (χ4n) is 2.48. The SMILES string of the molecule is CC1C(c2cccc(Cl)c2)NC(C)(C)CS1(=O)=O. The first-order valence-electron chi connectivity index (χ1n) is 5.96. The highest BCUT2D eigenvalue weighted by Crippen LogP contribution is 2.32. The van der Waals surface area contributed by atoms with Crippen molar-refractivity contribution >= 4 is 21.4 Å². The summed E-state index contributed by atoms with van der Waals surface area (Å²) in [5.74, 6) is 0.165. The molecular formula is C13H18ClNO2S. The highest BCUT2D eigenvalue weighted by Gasteiger charge is 2.42. The number of benzene rings is 1. The van der Waals surface area contributed by atoms with Crippen LogP contribution in [0.3, 0.4) is 0 Å². The maximum Gasteiger partial charge on any atom is 0.156 e. The van der Waals surface area contributed by atoms with E-state index >= 15 is 0 Å². The Bertz CT molecular complexity index is 554. The third kappa shape index (κ3) is 2.71. The number of hydrogen-bond acceptors (Lipinski definition) is 3. The van der Waals surface area contributed by atoms with Gasteiger partial charge in [0, 0.05) is 16.6 Å². The molecule has 1 fully saturated rings. The second kappa shape index (κ2) is 4.51. The van der Waals surface area contributed by atoms with Crippen molar-refractivity contribution in [2.75, 3.05) is 5.75 Å². The molecule has 1 aliphatic rings. The molecule has 0 aromatic heterocycles. The van der Waals surface area contributed by atoms with Gasteiger partial charge in [0.05, 0.1) is 11.0 Å². The average molecular weight is 288 g/mol. The van der Waals surface area contributed by atoms with Gasteiger partial charge in [-0.1, -0.05) is 23.7 Å². The Balaban J connectivity index is 2.43. The van der Waals surface area contributed by atoms with E-state index in [1.54, 1.807) is 13.0 Å². The van der Waals surface area contributed by atoms with Crippen LogP contribution in [-0.4, -0.2) is 25.0 Å². The van der Waals surface area contributed by atoms with Gasteiger partial charge in [-0.2, -0.15) is 0 Å². The fourth-order valence-corrected chi connectivity index (χ4v) is 4.67. The first-order chi connectivity index (χ1) is 8.21. The summed E-state index contributed by atoms with van der Waals surface area (Å²) in [5, 5.41) is 3.59. The lowest BCUT2D eigenvalue weighted by molar-refractivity contribution is 0.334. The van der Waals surface area contributed by atoms with Gasteiger partial charge in [0.25, 0.3) is 0 Å². The lowest BCUT2D eigenvalue weighted by Crippen LogP contribution is -2.57. The van der Waals surface area contributed by atoms with Crippen LogP contribution in [0.15, 0.2) is 24.3 Å². The van der Waals surface area contributed by atoms with Crippen molar-refractivity contribution in [3.8, 4) is 0 Å². The van der Waals surface area contributed by atoms with Gasteiger partial charge in [-0.15, -0.1) is 0 Å². The van der Waals surface area contributed by atoms with Crippen molar-refractivity contribution < 1.29 is 8.42 Å². The van der Waals surface area contributed by atoms with Gasteiger partial charge in [-0.05, 0) is 38.5 Å². The number of hydrogen-bond donors (Lipinski definition) is 1. The Morgan fingerprint density at radius 2 is 2.06 bits per heavy atom. The Morgan fingerprint density at radius 1 is 1.39 bits per heavy atom. The van der Waals surface area contributed by atoms with Crippen LogP contribution < -0.4 is 5.32 Å². The molecule has 100 valence electrons. The molecule has 0 aliphatic carbocycles. The van der Waals surface area contributed by atoms with Crippen LogP contribution in [0.2, 0.25) is 5.02 Å². The van der Waals surface area contributed by atoms with E-state index in [0.717, 1.165) is 5.56 Å². The Kier molecular flexibility index (Phi) is 3.47. The van der Waals surface area contributed by atoms with Gasteiger partial charge in [0.1, 0.15) is 0 Å². The average Bonchev–Trinajstić information content (AvgIpc) is 2.22. The molecule has 0 spiro atoms. The molecule has 2 unspecified atom stereocenters. The molecule has 2 atom stereocenters. The van der Waals surface area contributed by atoms with Gasteiger partial charge in [-0.25, -0.2) is 8.42 Å². The van der Waals surface area contributed by atoms with Gasteiger partial charge in [0.2, 0.25) is 0 Å². The minimum absolute atomic E-state index is 0.165. The van der Waals surface area contributed by atoms with E-state index in [4.69, 9.17) is 11.6 Å². The summed E-state index contributed by atoms with van der Waals surface area (Å²) in [7, 11) is -3.08. The van der Waals surface area contributed by atoms with Crippen LogP contribution in [0, 0.1) is 0 Å². The van der Waals surface area contributed by atoms with Crippen molar-refractivity contribution in [2.24, 2.45) is 0 Å². The quantitative estimate of drug-likeness (QED) is 0.863. The third-order valence-corrected chi connectivity index (χ3v) is 6.12. The van der Waals surface area contributed by atoms with E-state index in [0.29, 0.717) is 5.02 Å². The maximum absolute atomic E-state index is 12.2. The van der Waals surface area contributed by atoms with Crippen molar-refractivity contribution in [2.45, 2.75) is 37.6 Å². The lowest BCUT2D eigenvalue weighted by Gasteiger charge is -2.40. The molecule has 0 amide bonds. The molecule has 1 aliphatic heterocycles. The normalized spacial score (nSPS) is 30.0. The zero-order chi connectivity index (χ0) is 13.6. The Morgan fingerprint density at radius 3 is 2.67 bits per heavy atom. The van der Waals surface area contributed by atoms with Crippen molar-refractivity contribution in [3.63, 3.8) is 0 Å². The van der Waals surface area contributed by atoms with Crippen LogP contribution >= 0.6 is 11.6 Å². The molecule has 1 N–H and O–H groups in total. The fraction of sp³-hybridized carbons (Fsp3) is 0.538. The zero-order valence-corrected chi connectivity index (χ0v) is 12.3. The second-order valence-corrected chi connectivity index (χ2v) is 8.37. The minimum Gasteiger partial charge on any atom is -0.303 e. The van der Waals surface area contributed by atoms with Gasteiger partial charge >= 0.3 is 0 Å². The molecule has 18 heavy (non-hydrogen) atoms.